The molecule has 3 aliphatic rings. The molecule has 1 fully saturated rings. The second-order valence-corrected chi connectivity index (χ2v) is 19.4. The summed E-state index contributed by atoms with van der Waals surface area (Å²) in [5.41, 5.74) is 5.73. The number of hydrogen-bond donors (Lipinski definition) is 2. The Bertz CT molecular complexity index is 2300. The molecule has 9 nitrogen and oxygen atoms in total. The lowest BCUT2D eigenvalue weighted by Crippen LogP contribution is -2.70. The maximum absolute atomic E-state index is 15.2. The number of aliphatic hydroxyl groups is 2. The minimum atomic E-state index is -1.40. The molecule has 0 radical (unpaired) electrons. The van der Waals surface area contributed by atoms with Gasteiger partial charge in [0.2, 0.25) is 11.7 Å². The van der Waals surface area contributed by atoms with Crippen molar-refractivity contribution in [2.75, 3.05) is 26.4 Å². The molecule has 0 aromatic heterocycles. The standard InChI is InChI=1S/C60H77FN2O7/c1-4-7-8-9-10-11-12-13-17-26-57(66)63(43-44-27-31-48(61)32-28-44)56-42-54(62-68-6-3)52-40-47(24-18-20-37-64)51(25-19-21-38-65)58-53-41-50(35-36-55(53)70-60(56,59(52)58)67-39-5-2)69-49-33-29-46(30-34-49)45-22-15-14-16-23-45/h5,14-16,22-23,27-36,40-41,47,51,56,58-59,64-65H,2,4,6-13,17-21,24-26,37-39,42-43H2,1,3H3/t47-,51+,56-,58+,59+,60+/m0/s1. The number of carbonyl (C=O) groups is 1. The summed E-state index contributed by atoms with van der Waals surface area (Å²) in [7, 11) is 0. The lowest BCUT2D eigenvalue weighted by atomic mass is 9.55. The van der Waals surface area contributed by atoms with Crippen LogP contribution in [-0.4, -0.2) is 65.0 Å². The average molecular weight is 957 g/mol. The summed E-state index contributed by atoms with van der Waals surface area (Å²) in [5, 5.41) is 24.9. The summed E-state index contributed by atoms with van der Waals surface area (Å²) in [4.78, 5) is 23.0. The summed E-state index contributed by atoms with van der Waals surface area (Å²) in [6.45, 7) is 9.19. The van der Waals surface area contributed by atoms with Crippen molar-refractivity contribution in [3.8, 4) is 28.4 Å². The van der Waals surface area contributed by atoms with E-state index in [4.69, 9.17) is 24.2 Å². The number of fused-ring (bicyclic) bond motifs is 2. The summed E-state index contributed by atoms with van der Waals surface area (Å²) in [5.74, 6) is -0.250. The van der Waals surface area contributed by atoms with Gasteiger partial charge in [-0.05, 0) is 116 Å². The van der Waals surface area contributed by atoms with E-state index in [0.717, 1.165) is 84.9 Å². The number of nitrogens with zero attached hydrogens (tertiary/aromatic N) is 2. The Kier molecular flexibility index (Phi) is 20.1. The number of benzene rings is 4. The Labute approximate surface area is 416 Å². The zero-order valence-electron chi connectivity index (χ0n) is 41.8. The highest BCUT2D eigenvalue weighted by Gasteiger charge is 2.65. The van der Waals surface area contributed by atoms with Gasteiger partial charge in [0.05, 0.1) is 18.2 Å². The van der Waals surface area contributed by atoms with E-state index in [1.165, 1.54) is 44.2 Å². The maximum atomic E-state index is 15.2. The molecule has 4 aromatic carbocycles. The van der Waals surface area contributed by atoms with Crippen molar-refractivity contribution >= 4 is 11.6 Å². The molecule has 6 atom stereocenters. The SMILES string of the molecule is C=CCO[C@@]12Oc3ccc(Oc4ccc(-c5ccccc5)cc4)cc3[C@H]3[C@H](CCCCO)[C@@H](CCCCO)C=C(C(=NOCC)C[C@@H]1N(Cc1ccc(F)cc1)C(=O)CCCCCCCCCCC)[C@H]32. The fraction of sp³-hybridized carbons (Fsp3) is 0.500. The van der Waals surface area contributed by atoms with Crippen LogP contribution in [0.2, 0.25) is 0 Å². The fourth-order valence-corrected chi connectivity index (χ4v) is 11.2. The molecule has 1 aliphatic heterocycles. The molecule has 0 spiro atoms. The largest absolute Gasteiger partial charge is 0.459 e. The Balaban J connectivity index is 1.34. The summed E-state index contributed by atoms with van der Waals surface area (Å²) < 4.78 is 35.8. The molecule has 0 unspecified atom stereocenters. The van der Waals surface area contributed by atoms with Gasteiger partial charge >= 0.3 is 0 Å². The lowest BCUT2D eigenvalue weighted by molar-refractivity contribution is -0.258. The second kappa shape index (κ2) is 26.8. The Hall–Kier alpha value is -5.29. The molecular formula is C60H77FN2O7. The van der Waals surface area contributed by atoms with Gasteiger partial charge < -0.3 is 34.2 Å². The predicted molar refractivity (Wildman–Crippen MR) is 277 cm³/mol. The van der Waals surface area contributed by atoms with Crippen molar-refractivity contribution in [1.29, 1.82) is 0 Å². The molecule has 2 aliphatic carbocycles. The van der Waals surface area contributed by atoms with E-state index in [1.807, 2.05) is 54.3 Å². The number of hydrogen-bond acceptors (Lipinski definition) is 8. The number of ether oxygens (including phenoxy) is 3. The lowest BCUT2D eigenvalue weighted by Gasteiger charge is -2.60. The van der Waals surface area contributed by atoms with E-state index in [2.05, 4.69) is 49.9 Å². The van der Waals surface area contributed by atoms with Gasteiger partial charge in [-0.25, -0.2) is 4.39 Å². The van der Waals surface area contributed by atoms with E-state index in [1.54, 1.807) is 18.2 Å². The van der Waals surface area contributed by atoms with Gasteiger partial charge in [0.1, 0.15) is 35.7 Å². The second-order valence-electron chi connectivity index (χ2n) is 19.4. The van der Waals surface area contributed by atoms with Crippen molar-refractivity contribution in [3.05, 3.63) is 138 Å². The third kappa shape index (κ3) is 13.2. The Morgan fingerprint density at radius 3 is 2.17 bits per heavy atom. The van der Waals surface area contributed by atoms with Gasteiger partial charge in [0.25, 0.3) is 0 Å². The van der Waals surface area contributed by atoms with Crippen LogP contribution in [-0.2, 0) is 20.9 Å². The number of carbonyl (C=O) groups excluding carboxylic acids is 1. The zero-order valence-corrected chi connectivity index (χ0v) is 41.8. The number of halogens is 1. The van der Waals surface area contributed by atoms with Crippen molar-refractivity contribution in [2.24, 2.45) is 22.9 Å². The first-order valence-electron chi connectivity index (χ1n) is 26.4. The Morgan fingerprint density at radius 1 is 0.814 bits per heavy atom. The van der Waals surface area contributed by atoms with Crippen molar-refractivity contribution in [2.45, 2.75) is 147 Å². The summed E-state index contributed by atoms with van der Waals surface area (Å²) >= 11 is 0. The highest BCUT2D eigenvalue weighted by atomic mass is 19.1. The van der Waals surface area contributed by atoms with Crippen LogP contribution in [0.25, 0.3) is 11.1 Å². The summed E-state index contributed by atoms with van der Waals surface area (Å²) in [6.07, 6.45) is 19.6. The minimum Gasteiger partial charge on any atom is -0.459 e. The average Bonchev–Trinajstić information content (AvgIpc) is 3.38. The maximum Gasteiger partial charge on any atom is 0.239 e. The molecule has 70 heavy (non-hydrogen) atoms. The number of allylic oxidation sites excluding steroid dienone is 1. The van der Waals surface area contributed by atoms with Crippen LogP contribution in [0, 0.1) is 23.6 Å². The minimum absolute atomic E-state index is 0.0211. The predicted octanol–water partition coefficient (Wildman–Crippen LogP) is 13.9. The number of rotatable bonds is 29. The fourth-order valence-electron chi connectivity index (χ4n) is 11.2. The van der Waals surface area contributed by atoms with Crippen LogP contribution in [0.1, 0.15) is 140 Å². The van der Waals surface area contributed by atoms with Gasteiger partial charge in [0, 0.05) is 44.1 Å². The monoisotopic (exact) mass is 957 g/mol. The van der Waals surface area contributed by atoms with E-state index < -0.39 is 17.7 Å². The van der Waals surface area contributed by atoms with Crippen molar-refractivity contribution in [1.82, 2.24) is 4.90 Å². The first-order valence-corrected chi connectivity index (χ1v) is 26.4. The van der Waals surface area contributed by atoms with E-state index >= 15 is 4.79 Å². The number of amides is 1. The molecule has 0 saturated heterocycles. The van der Waals surface area contributed by atoms with Crippen LogP contribution >= 0.6 is 0 Å². The first kappa shape index (κ1) is 52.5. The van der Waals surface area contributed by atoms with Crippen LogP contribution < -0.4 is 9.47 Å². The number of oxime groups is 1. The van der Waals surface area contributed by atoms with Crippen molar-refractivity contribution < 1.29 is 38.4 Å². The topological polar surface area (TPSA) is 110 Å². The van der Waals surface area contributed by atoms with Crippen molar-refractivity contribution in [3.63, 3.8) is 0 Å². The molecule has 376 valence electrons. The molecule has 1 heterocycles. The summed E-state index contributed by atoms with van der Waals surface area (Å²) in [6, 6.07) is 30.1. The van der Waals surface area contributed by atoms with Gasteiger partial charge in [0.15, 0.2) is 0 Å². The molecule has 0 bridgehead atoms. The molecule has 1 amide bonds. The van der Waals surface area contributed by atoms with E-state index in [9.17, 15) is 14.6 Å². The highest BCUT2D eigenvalue weighted by molar-refractivity contribution is 6.03. The van der Waals surface area contributed by atoms with Crippen LogP contribution in [0.4, 0.5) is 4.39 Å². The van der Waals surface area contributed by atoms with Gasteiger partial charge in [-0.3, -0.25) is 4.79 Å². The van der Waals surface area contributed by atoms with E-state index in [0.29, 0.717) is 49.5 Å². The quantitative estimate of drug-likeness (QED) is 0.0317. The van der Waals surface area contributed by atoms with Gasteiger partial charge in [-0.2, -0.15) is 0 Å². The van der Waals surface area contributed by atoms with Gasteiger partial charge in [-0.1, -0.05) is 143 Å². The third-order valence-electron chi connectivity index (χ3n) is 14.6. The molecule has 2 N–H and O–H groups in total. The zero-order chi connectivity index (χ0) is 49.1. The molecule has 7 rings (SSSR count). The van der Waals surface area contributed by atoms with Crippen LogP contribution in [0.5, 0.6) is 17.2 Å². The number of unbranched alkanes of at least 4 members (excludes halogenated alkanes) is 10. The van der Waals surface area contributed by atoms with Gasteiger partial charge in [-0.15, -0.1) is 6.58 Å². The normalized spacial score (nSPS) is 21.8. The third-order valence-corrected chi connectivity index (χ3v) is 14.6. The highest BCUT2D eigenvalue weighted by Crippen LogP contribution is 2.62. The molecular weight excluding hydrogens is 880 g/mol. The number of aliphatic hydroxyl groups excluding tert-OH is 2. The first-order chi connectivity index (χ1) is 34.3. The molecule has 4 aromatic rings. The smallest absolute Gasteiger partial charge is 0.239 e. The molecule has 1 saturated carbocycles. The van der Waals surface area contributed by atoms with Crippen LogP contribution in [0.15, 0.2) is 127 Å². The van der Waals surface area contributed by atoms with E-state index in [-0.39, 0.29) is 55.8 Å². The van der Waals surface area contributed by atoms with Crippen LogP contribution in [0.3, 0.4) is 0 Å². The molecule has 10 heteroatoms. The Morgan fingerprint density at radius 2 is 1.49 bits per heavy atom.